The maximum atomic E-state index is 9.76. The molecule has 72 valence electrons. The maximum absolute atomic E-state index is 9.76. The third-order valence-corrected chi connectivity index (χ3v) is 2.15. The number of nitrogens with two attached hydrogens (primary N) is 1. The molecular weight excluding hydrogens is 166 g/mol. The van der Waals surface area contributed by atoms with Gasteiger partial charge in [0.25, 0.3) is 0 Å². The van der Waals surface area contributed by atoms with Crippen molar-refractivity contribution in [1.82, 2.24) is 0 Å². The molecule has 1 aromatic heterocycles. The van der Waals surface area contributed by atoms with Gasteiger partial charge in [0.1, 0.15) is 5.76 Å². The van der Waals surface area contributed by atoms with E-state index in [1.165, 1.54) is 0 Å². The van der Waals surface area contributed by atoms with Crippen molar-refractivity contribution in [1.29, 1.82) is 0 Å². The summed E-state index contributed by atoms with van der Waals surface area (Å²) < 4.78 is 5.12. The molecule has 3 N–H and O–H groups in total. The first-order chi connectivity index (χ1) is 6.06. The molecule has 1 aromatic rings. The van der Waals surface area contributed by atoms with Crippen LogP contribution in [0, 0.1) is 0 Å². The minimum absolute atomic E-state index is 0.204. The lowest BCUT2D eigenvalue weighted by atomic mass is 9.97. The maximum Gasteiger partial charge on any atom is 0.126 e. The molecule has 3 heteroatoms. The van der Waals surface area contributed by atoms with Gasteiger partial charge in [-0.25, -0.2) is 0 Å². The second-order valence-electron chi connectivity index (χ2n) is 3.32. The van der Waals surface area contributed by atoms with Crippen molar-refractivity contribution in [2.24, 2.45) is 5.73 Å². The summed E-state index contributed by atoms with van der Waals surface area (Å²) in [7, 11) is 0. The van der Waals surface area contributed by atoms with Gasteiger partial charge in [0.2, 0.25) is 0 Å². The molecule has 1 heterocycles. The Morgan fingerprint density at radius 2 is 2.46 bits per heavy atom. The van der Waals surface area contributed by atoms with Gasteiger partial charge in [0, 0.05) is 6.54 Å². The molecule has 0 radical (unpaired) electrons. The van der Waals surface area contributed by atoms with E-state index in [9.17, 15) is 5.11 Å². The largest absolute Gasteiger partial charge is 0.465 e. The molecular formula is C10H15NO2. The molecule has 0 saturated heterocycles. The molecule has 0 aromatic carbocycles. The lowest BCUT2D eigenvalue weighted by Gasteiger charge is -2.21. The smallest absolute Gasteiger partial charge is 0.126 e. The van der Waals surface area contributed by atoms with E-state index in [1.54, 1.807) is 25.3 Å². The average Bonchev–Trinajstić information content (AvgIpc) is 2.57. The lowest BCUT2D eigenvalue weighted by Crippen LogP contribution is -2.35. The highest BCUT2D eigenvalue weighted by molar-refractivity contribution is 5.49. The third-order valence-electron chi connectivity index (χ3n) is 2.15. The summed E-state index contributed by atoms with van der Waals surface area (Å²) >= 11 is 0. The van der Waals surface area contributed by atoms with Crippen LogP contribution in [0.3, 0.4) is 0 Å². The Labute approximate surface area is 77.9 Å². The number of hydrogen-bond donors (Lipinski definition) is 2. The molecule has 3 nitrogen and oxygen atoms in total. The normalized spacial score (nSPS) is 17.1. The number of aliphatic hydroxyl groups is 1. The Bertz CT molecular complexity index is 286. The monoisotopic (exact) mass is 181 g/mol. The van der Waals surface area contributed by atoms with Gasteiger partial charge in [0.15, 0.2) is 0 Å². The molecule has 0 aliphatic heterocycles. The highest BCUT2D eigenvalue weighted by atomic mass is 16.3. The van der Waals surface area contributed by atoms with E-state index >= 15 is 0 Å². The molecule has 0 saturated carbocycles. The van der Waals surface area contributed by atoms with Crippen LogP contribution >= 0.6 is 0 Å². The minimum Gasteiger partial charge on any atom is -0.465 e. The van der Waals surface area contributed by atoms with Crippen molar-refractivity contribution < 1.29 is 9.52 Å². The fourth-order valence-electron chi connectivity index (χ4n) is 0.903. The van der Waals surface area contributed by atoms with Gasteiger partial charge in [-0.2, -0.15) is 0 Å². The Balaban J connectivity index is 2.84. The zero-order chi connectivity index (χ0) is 9.90. The fraction of sp³-hybridized carbons (Fsp3) is 0.400. The third kappa shape index (κ3) is 2.44. The number of furan rings is 1. The van der Waals surface area contributed by atoms with Gasteiger partial charge in [0.05, 0.1) is 11.9 Å². The molecule has 0 fully saturated rings. The summed E-state index contributed by atoms with van der Waals surface area (Å²) in [5.41, 5.74) is 5.26. The Morgan fingerprint density at radius 3 is 2.92 bits per heavy atom. The fourth-order valence-corrected chi connectivity index (χ4v) is 0.903. The minimum atomic E-state index is -0.952. The van der Waals surface area contributed by atoms with Crippen molar-refractivity contribution in [3.05, 3.63) is 29.7 Å². The van der Waals surface area contributed by atoms with Gasteiger partial charge < -0.3 is 15.3 Å². The van der Waals surface area contributed by atoms with Crippen LogP contribution in [0.4, 0.5) is 0 Å². The van der Waals surface area contributed by atoms with E-state index in [-0.39, 0.29) is 6.54 Å². The first-order valence-corrected chi connectivity index (χ1v) is 4.21. The summed E-state index contributed by atoms with van der Waals surface area (Å²) in [4.78, 5) is 0. The van der Waals surface area contributed by atoms with E-state index in [2.05, 4.69) is 0 Å². The van der Waals surface area contributed by atoms with Gasteiger partial charge in [-0.3, -0.25) is 0 Å². The van der Waals surface area contributed by atoms with E-state index in [4.69, 9.17) is 10.2 Å². The van der Waals surface area contributed by atoms with Crippen molar-refractivity contribution in [2.45, 2.75) is 19.4 Å². The lowest BCUT2D eigenvalue weighted by molar-refractivity contribution is 0.109. The van der Waals surface area contributed by atoms with Crippen molar-refractivity contribution >= 4 is 6.08 Å². The quantitative estimate of drug-likeness (QED) is 0.740. The van der Waals surface area contributed by atoms with Gasteiger partial charge in [-0.15, -0.1) is 0 Å². The molecule has 1 atom stereocenters. The summed E-state index contributed by atoms with van der Waals surface area (Å²) in [6, 6.07) is 3.63. The molecule has 0 aliphatic rings. The molecule has 0 spiro atoms. The Kier molecular flexibility index (Phi) is 2.90. The molecule has 1 rings (SSSR count). The summed E-state index contributed by atoms with van der Waals surface area (Å²) in [5, 5.41) is 9.76. The number of hydrogen-bond acceptors (Lipinski definition) is 3. The first-order valence-electron chi connectivity index (χ1n) is 4.21. The SMILES string of the molecule is C/C(=C\c1ccco1)C(C)(O)CN. The van der Waals surface area contributed by atoms with E-state index in [0.717, 1.165) is 11.3 Å². The summed E-state index contributed by atoms with van der Waals surface area (Å²) in [5.74, 6) is 0.728. The molecule has 1 unspecified atom stereocenters. The van der Waals surface area contributed by atoms with Gasteiger partial charge in [-0.1, -0.05) is 0 Å². The molecule has 0 amide bonds. The molecule has 0 bridgehead atoms. The van der Waals surface area contributed by atoms with Crippen LogP contribution in [0.25, 0.3) is 6.08 Å². The zero-order valence-corrected chi connectivity index (χ0v) is 7.95. The summed E-state index contributed by atoms with van der Waals surface area (Å²) in [6.07, 6.45) is 3.38. The van der Waals surface area contributed by atoms with Crippen LogP contribution < -0.4 is 5.73 Å². The van der Waals surface area contributed by atoms with Crippen molar-refractivity contribution in [3.63, 3.8) is 0 Å². The van der Waals surface area contributed by atoms with Crippen molar-refractivity contribution in [2.75, 3.05) is 6.54 Å². The molecule has 13 heavy (non-hydrogen) atoms. The molecule has 0 aliphatic carbocycles. The highest BCUT2D eigenvalue weighted by Crippen LogP contribution is 2.17. The van der Waals surface area contributed by atoms with E-state index < -0.39 is 5.60 Å². The number of rotatable bonds is 3. The van der Waals surface area contributed by atoms with E-state index in [1.807, 2.05) is 13.0 Å². The predicted molar refractivity (Wildman–Crippen MR) is 52.0 cm³/mol. The zero-order valence-electron chi connectivity index (χ0n) is 7.95. The van der Waals surface area contributed by atoms with Crippen LogP contribution in [-0.2, 0) is 0 Å². The predicted octanol–water partition coefficient (Wildman–Crippen LogP) is 1.39. The van der Waals surface area contributed by atoms with Gasteiger partial charge >= 0.3 is 0 Å². The Hall–Kier alpha value is -1.06. The van der Waals surface area contributed by atoms with Crippen molar-refractivity contribution in [3.8, 4) is 0 Å². The first kappa shape index (κ1) is 10.0. The Morgan fingerprint density at radius 1 is 1.77 bits per heavy atom. The summed E-state index contributed by atoms with van der Waals surface area (Å²) in [6.45, 7) is 3.72. The highest BCUT2D eigenvalue weighted by Gasteiger charge is 2.20. The van der Waals surface area contributed by atoms with Gasteiger partial charge in [-0.05, 0) is 37.6 Å². The van der Waals surface area contributed by atoms with Crippen LogP contribution in [0.15, 0.2) is 28.4 Å². The van der Waals surface area contributed by atoms with E-state index in [0.29, 0.717) is 0 Å². The van der Waals surface area contributed by atoms with Crippen LogP contribution in [-0.4, -0.2) is 17.3 Å². The second-order valence-corrected chi connectivity index (χ2v) is 3.32. The second kappa shape index (κ2) is 3.77. The average molecular weight is 181 g/mol. The topological polar surface area (TPSA) is 59.4 Å². The van der Waals surface area contributed by atoms with Crippen LogP contribution in [0.1, 0.15) is 19.6 Å². The standard InChI is InChI=1S/C10H15NO2/c1-8(10(2,12)7-11)6-9-4-3-5-13-9/h3-6,12H,7,11H2,1-2H3/b8-6+. The van der Waals surface area contributed by atoms with Crippen LogP contribution in [0.2, 0.25) is 0 Å². The van der Waals surface area contributed by atoms with Crippen LogP contribution in [0.5, 0.6) is 0 Å².